The van der Waals surface area contributed by atoms with Crippen molar-refractivity contribution < 1.29 is 14.6 Å². The quantitative estimate of drug-likeness (QED) is 0.645. The molecule has 0 fully saturated rings. The number of nitrogens with one attached hydrogen (secondary N) is 1. The van der Waals surface area contributed by atoms with E-state index in [2.05, 4.69) is 10.4 Å². The van der Waals surface area contributed by atoms with E-state index in [1.807, 2.05) is 56.5 Å². The minimum Gasteiger partial charge on any atom is -0.464 e. The monoisotopic (exact) mass is 321 g/mol. The summed E-state index contributed by atoms with van der Waals surface area (Å²) in [6.45, 7) is 5.51. The van der Waals surface area contributed by atoms with Crippen LogP contribution in [0.25, 0.3) is 11.3 Å². The molecule has 118 valence electrons. The van der Waals surface area contributed by atoms with Gasteiger partial charge in [-0.2, -0.15) is 5.01 Å². The van der Waals surface area contributed by atoms with Gasteiger partial charge in [0.2, 0.25) is 5.13 Å². The van der Waals surface area contributed by atoms with E-state index in [9.17, 15) is 9.90 Å². The normalized spacial score (nSPS) is 11.2. The van der Waals surface area contributed by atoms with Crippen molar-refractivity contribution in [2.24, 2.45) is 0 Å². The molecule has 1 heterocycles. The maximum absolute atomic E-state index is 11.3. The van der Waals surface area contributed by atoms with E-state index < -0.39 is 11.7 Å². The summed E-state index contributed by atoms with van der Waals surface area (Å²) in [6.07, 6.45) is -1.12. The van der Waals surface area contributed by atoms with Crippen LogP contribution in [0.1, 0.15) is 20.8 Å². The minimum atomic E-state index is -1.12. The maximum Gasteiger partial charge on any atom is 0.428 e. The zero-order valence-electron chi connectivity index (χ0n) is 12.7. The molecule has 7 heteroatoms. The second-order valence-corrected chi connectivity index (χ2v) is 6.47. The molecule has 0 aliphatic rings. The number of aromatic nitrogens is 1. The number of thiazole rings is 1. The lowest BCUT2D eigenvalue weighted by atomic mass is 10.2. The molecule has 2 N–H and O–H groups in total. The van der Waals surface area contributed by atoms with Crippen molar-refractivity contribution in [3.8, 4) is 11.3 Å². The molecule has 1 aromatic heterocycles. The highest BCUT2D eigenvalue weighted by Gasteiger charge is 2.18. The van der Waals surface area contributed by atoms with Crippen LogP contribution in [0, 0.1) is 0 Å². The van der Waals surface area contributed by atoms with Gasteiger partial charge in [-0.25, -0.2) is 9.78 Å². The predicted molar refractivity (Wildman–Crippen MR) is 86.7 cm³/mol. The van der Waals surface area contributed by atoms with Crippen LogP contribution in [0.15, 0.2) is 35.7 Å². The minimum absolute atomic E-state index is 0.0842. The zero-order valence-corrected chi connectivity index (χ0v) is 13.6. The fraction of sp³-hybridized carbons (Fsp3) is 0.333. The summed E-state index contributed by atoms with van der Waals surface area (Å²) in [6, 6.07) is 9.71. The van der Waals surface area contributed by atoms with Gasteiger partial charge in [-0.3, -0.25) is 5.43 Å². The number of amides is 1. The number of nitrogens with zero attached hydrogens (tertiary/aromatic N) is 2. The molecule has 1 amide bonds. The van der Waals surface area contributed by atoms with Crippen molar-refractivity contribution in [3.05, 3.63) is 35.7 Å². The van der Waals surface area contributed by atoms with Crippen LogP contribution in [0.4, 0.5) is 9.93 Å². The van der Waals surface area contributed by atoms with Gasteiger partial charge in [-0.1, -0.05) is 30.3 Å². The van der Waals surface area contributed by atoms with Crippen LogP contribution in [0.5, 0.6) is 0 Å². The third-order valence-electron chi connectivity index (χ3n) is 2.66. The fourth-order valence-electron chi connectivity index (χ4n) is 1.58. The average Bonchev–Trinajstić information content (AvgIpc) is 2.91. The molecule has 0 unspecified atom stereocenters. The summed E-state index contributed by atoms with van der Waals surface area (Å²) in [5.41, 5.74) is 4.12. The van der Waals surface area contributed by atoms with E-state index in [-0.39, 0.29) is 6.73 Å². The molecule has 1 aromatic carbocycles. The van der Waals surface area contributed by atoms with Gasteiger partial charge in [0.15, 0.2) is 0 Å². The van der Waals surface area contributed by atoms with Crippen molar-refractivity contribution in [2.75, 3.05) is 12.2 Å². The van der Waals surface area contributed by atoms with Gasteiger partial charge >= 0.3 is 6.09 Å². The molecule has 0 radical (unpaired) electrons. The highest BCUT2D eigenvalue weighted by molar-refractivity contribution is 7.14. The molecule has 6 nitrogen and oxygen atoms in total. The van der Waals surface area contributed by atoms with Crippen molar-refractivity contribution in [3.63, 3.8) is 0 Å². The second-order valence-electron chi connectivity index (χ2n) is 5.61. The second kappa shape index (κ2) is 6.76. The first-order chi connectivity index (χ1) is 10.3. The average molecular weight is 321 g/mol. The van der Waals surface area contributed by atoms with Gasteiger partial charge in [-0.05, 0) is 20.8 Å². The number of carboxylic acid groups (broad SMARTS) is 1. The summed E-state index contributed by atoms with van der Waals surface area (Å²) in [7, 11) is 0. The molecule has 0 spiro atoms. The van der Waals surface area contributed by atoms with E-state index in [1.165, 1.54) is 11.3 Å². The molecule has 0 bridgehead atoms. The Morgan fingerprint density at radius 3 is 2.64 bits per heavy atom. The summed E-state index contributed by atoms with van der Waals surface area (Å²) >= 11 is 1.34. The van der Waals surface area contributed by atoms with Crippen LogP contribution >= 0.6 is 11.3 Å². The van der Waals surface area contributed by atoms with Gasteiger partial charge in [0.1, 0.15) is 6.73 Å². The predicted octanol–water partition coefficient (Wildman–Crippen LogP) is 3.89. The first-order valence-electron chi connectivity index (χ1n) is 6.77. The SMILES string of the molecule is CC(C)(C)OCN(Nc1nc(-c2ccccc2)cs1)C(=O)O. The Hall–Kier alpha value is -2.12. The molecule has 0 aliphatic heterocycles. The number of hydrazine groups is 1. The van der Waals surface area contributed by atoms with Crippen molar-refractivity contribution in [2.45, 2.75) is 26.4 Å². The van der Waals surface area contributed by atoms with E-state index in [0.717, 1.165) is 16.3 Å². The number of anilines is 1. The van der Waals surface area contributed by atoms with Crippen molar-refractivity contribution in [1.29, 1.82) is 0 Å². The highest BCUT2D eigenvalue weighted by Crippen LogP contribution is 2.25. The Balaban J connectivity index is 2.05. The van der Waals surface area contributed by atoms with Gasteiger partial charge in [0, 0.05) is 10.9 Å². The van der Waals surface area contributed by atoms with Crippen LogP contribution in [0.2, 0.25) is 0 Å². The molecule has 0 saturated carbocycles. The number of carbonyl (C=O) groups is 1. The van der Waals surface area contributed by atoms with E-state index >= 15 is 0 Å². The Labute approximate surface area is 133 Å². The Kier molecular flexibility index (Phi) is 4.99. The van der Waals surface area contributed by atoms with Crippen molar-refractivity contribution >= 4 is 22.6 Å². The molecular weight excluding hydrogens is 302 g/mol. The Morgan fingerprint density at radius 1 is 1.36 bits per heavy atom. The maximum atomic E-state index is 11.3. The van der Waals surface area contributed by atoms with Gasteiger partial charge in [0.05, 0.1) is 11.3 Å². The first-order valence-corrected chi connectivity index (χ1v) is 7.65. The van der Waals surface area contributed by atoms with Crippen LogP contribution in [-0.2, 0) is 4.74 Å². The number of benzene rings is 1. The number of rotatable bonds is 5. The lowest BCUT2D eigenvalue weighted by Crippen LogP contribution is -2.39. The van der Waals surface area contributed by atoms with Crippen LogP contribution in [-0.4, -0.2) is 33.5 Å². The summed E-state index contributed by atoms with van der Waals surface area (Å²) < 4.78 is 5.48. The summed E-state index contributed by atoms with van der Waals surface area (Å²) in [5.74, 6) is 0. The first kappa shape index (κ1) is 16.3. The van der Waals surface area contributed by atoms with Crippen molar-refractivity contribution in [1.82, 2.24) is 9.99 Å². The molecule has 2 rings (SSSR count). The molecule has 22 heavy (non-hydrogen) atoms. The third-order valence-corrected chi connectivity index (χ3v) is 3.41. The molecule has 0 atom stereocenters. The molecule has 0 saturated heterocycles. The van der Waals surface area contributed by atoms with E-state index in [1.54, 1.807) is 0 Å². The Morgan fingerprint density at radius 2 is 2.05 bits per heavy atom. The lowest BCUT2D eigenvalue weighted by molar-refractivity contribution is -0.0491. The smallest absolute Gasteiger partial charge is 0.428 e. The zero-order chi connectivity index (χ0) is 16.2. The summed E-state index contributed by atoms with van der Waals surface area (Å²) in [5, 5.41) is 12.6. The number of hydrogen-bond donors (Lipinski definition) is 2. The van der Waals surface area contributed by atoms with Gasteiger partial charge < -0.3 is 9.84 Å². The molecular formula is C15H19N3O3S. The standard InChI is InChI=1S/C15H19N3O3S/c1-15(2,3)21-10-18(14(19)20)17-13-16-12(9-22-13)11-7-5-4-6-8-11/h4-9H,10H2,1-3H3,(H,16,17)(H,19,20). The lowest BCUT2D eigenvalue weighted by Gasteiger charge is -2.25. The number of hydrogen-bond acceptors (Lipinski definition) is 5. The largest absolute Gasteiger partial charge is 0.464 e. The Bertz CT molecular complexity index is 622. The molecule has 0 aliphatic carbocycles. The van der Waals surface area contributed by atoms with Gasteiger partial charge in [-0.15, -0.1) is 11.3 Å². The van der Waals surface area contributed by atoms with Crippen LogP contribution < -0.4 is 5.43 Å². The summed E-state index contributed by atoms with van der Waals surface area (Å²) in [4.78, 5) is 15.7. The van der Waals surface area contributed by atoms with Crippen LogP contribution in [0.3, 0.4) is 0 Å². The van der Waals surface area contributed by atoms with E-state index in [0.29, 0.717) is 5.13 Å². The van der Waals surface area contributed by atoms with Gasteiger partial charge in [0.25, 0.3) is 0 Å². The highest BCUT2D eigenvalue weighted by atomic mass is 32.1. The molecule has 2 aromatic rings. The fourth-order valence-corrected chi connectivity index (χ4v) is 2.30. The van der Waals surface area contributed by atoms with E-state index in [4.69, 9.17) is 4.74 Å². The third kappa shape index (κ3) is 4.71. The topological polar surface area (TPSA) is 74.7 Å². The number of ether oxygens (including phenoxy) is 1.